The van der Waals surface area contributed by atoms with Crippen molar-refractivity contribution in [3.05, 3.63) is 169 Å². The van der Waals surface area contributed by atoms with Crippen molar-refractivity contribution in [3.63, 3.8) is 0 Å². The van der Waals surface area contributed by atoms with Crippen molar-refractivity contribution in [2.45, 2.75) is 6.42 Å². The zero-order chi connectivity index (χ0) is 29.7. The van der Waals surface area contributed by atoms with E-state index in [1.54, 1.807) is 0 Å². The fourth-order valence-electron chi connectivity index (χ4n) is 6.84. The van der Waals surface area contributed by atoms with Gasteiger partial charge in [0.05, 0.1) is 11.2 Å². The summed E-state index contributed by atoms with van der Waals surface area (Å²) in [5, 5.41) is 3.62. The predicted octanol–water partition coefficient (Wildman–Crippen LogP) is 11.0. The lowest BCUT2D eigenvalue weighted by molar-refractivity contribution is 1.23. The largest absolute Gasteiger partial charge is 0.228 e. The van der Waals surface area contributed by atoms with E-state index in [0.717, 1.165) is 40.0 Å². The van der Waals surface area contributed by atoms with Crippen LogP contribution in [0.2, 0.25) is 0 Å². The van der Waals surface area contributed by atoms with Crippen molar-refractivity contribution in [2.24, 2.45) is 0 Å². The fraction of sp³-hybridized carbons (Fsp3) is 0.0233. The third kappa shape index (κ3) is 4.42. The molecule has 0 aliphatic heterocycles. The van der Waals surface area contributed by atoms with Crippen LogP contribution in [0, 0.1) is 0 Å². The zero-order valence-electron chi connectivity index (χ0n) is 24.6. The molecule has 0 saturated carbocycles. The first-order chi connectivity index (χ1) is 22.3. The highest BCUT2D eigenvalue weighted by atomic mass is 14.9. The molecule has 7 aromatic carbocycles. The summed E-state index contributed by atoms with van der Waals surface area (Å²) in [6, 6.07) is 56.3. The van der Waals surface area contributed by atoms with E-state index in [9.17, 15) is 0 Å². The Labute approximate surface area is 262 Å². The number of para-hydroxylation sites is 1. The molecular formula is C43H28N2. The Hall–Kier alpha value is -5.86. The second-order valence-corrected chi connectivity index (χ2v) is 11.8. The minimum atomic E-state index is 0.735. The van der Waals surface area contributed by atoms with E-state index in [1.165, 1.54) is 55.3 Å². The molecule has 2 nitrogen and oxygen atoms in total. The summed E-state index contributed by atoms with van der Waals surface area (Å²) < 4.78 is 0. The molecule has 1 aliphatic carbocycles. The summed E-state index contributed by atoms with van der Waals surface area (Å²) in [6.07, 6.45) is 0.982. The lowest BCUT2D eigenvalue weighted by atomic mass is 9.96. The van der Waals surface area contributed by atoms with E-state index in [4.69, 9.17) is 9.97 Å². The summed E-state index contributed by atoms with van der Waals surface area (Å²) >= 11 is 0. The maximum atomic E-state index is 5.19. The molecule has 1 aromatic heterocycles. The number of hydrogen-bond donors (Lipinski definition) is 0. The van der Waals surface area contributed by atoms with Crippen molar-refractivity contribution >= 4 is 21.7 Å². The molecule has 210 valence electrons. The predicted molar refractivity (Wildman–Crippen MR) is 187 cm³/mol. The smallest absolute Gasteiger partial charge is 0.160 e. The molecule has 0 N–H and O–H groups in total. The van der Waals surface area contributed by atoms with E-state index < -0.39 is 0 Å². The van der Waals surface area contributed by atoms with Crippen LogP contribution in [0.1, 0.15) is 11.1 Å². The van der Waals surface area contributed by atoms with Gasteiger partial charge in [-0.3, -0.25) is 0 Å². The van der Waals surface area contributed by atoms with Crippen LogP contribution in [0.5, 0.6) is 0 Å². The van der Waals surface area contributed by atoms with Gasteiger partial charge in [-0.1, -0.05) is 146 Å². The van der Waals surface area contributed by atoms with E-state index >= 15 is 0 Å². The van der Waals surface area contributed by atoms with Gasteiger partial charge in [0.15, 0.2) is 5.82 Å². The van der Waals surface area contributed by atoms with Crippen molar-refractivity contribution in [1.29, 1.82) is 0 Å². The highest BCUT2D eigenvalue weighted by Crippen LogP contribution is 2.41. The first-order valence-corrected chi connectivity index (χ1v) is 15.5. The highest BCUT2D eigenvalue weighted by molar-refractivity contribution is 6.00. The first-order valence-electron chi connectivity index (χ1n) is 15.5. The molecule has 0 unspecified atom stereocenters. The van der Waals surface area contributed by atoms with Crippen LogP contribution in [0.15, 0.2) is 158 Å². The van der Waals surface area contributed by atoms with Crippen molar-refractivity contribution in [2.75, 3.05) is 0 Å². The molecule has 1 heterocycles. The van der Waals surface area contributed by atoms with E-state index in [-0.39, 0.29) is 0 Å². The Bertz CT molecular complexity index is 2370. The summed E-state index contributed by atoms with van der Waals surface area (Å²) in [5.74, 6) is 0.735. The van der Waals surface area contributed by atoms with Crippen LogP contribution in [0.25, 0.3) is 77.7 Å². The van der Waals surface area contributed by atoms with E-state index in [1.807, 2.05) is 12.1 Å². The molecule has 0 atom stereocenters. The molecule has 2 heteroatoms. The molecule has 0 amide bonds. The lowest BCUT2D eigenvalue weighted by Gasteiger charge is -2.12. The number of benzene rings is 7. The average Bonchev–Trinajstić information content (AvgIpc) is 3.51. The van der Waals surface area contributed by atoms with Gasteiger partial charge in [-0.15, -0.1) is 0 Å². The highest BCUT2D eigenvalue weighted by Gasteiger charge is 2.20. The standard InChI is InChI=1S/C43H28N2/c1-2-8-28(9-3-1)29-14-16-30(17-15-29)31-18-20-32(21-19-31)43-44-41-13-7-6-12-39(41)42(45-43)35-23-24-37-34(26-35)22-25-38-36-11-5-4-10-33(36)27-40(37)38/h1-26H,27H2. The Balaban J connectivity index is 1.08. The van der Waals surface area contributed by atoms with Gasteiger partial charge in [-0.05, 0) is 73.8 Å². The van der Waals surface area contributed by atoms with Crippen LogP contribution in [-0.2, 0) is 6.42 Å². The third-order valence-electron chi connectivity index (χ3n) is 9.15. The maximum Gasteiger partial charge on any atom is 0.160 e. The lowest BCUT2D eigenvalue weighted by Crippen LogP contribution is -1.95. The van der Waals surface area contributed by atoms with Gasteiger partial charge in [-0.25, -0.2) is 9.97 Å². The van der Waals surface area contributed by atoms with Crippen LogP contribution in [0.4, 0.5) is 0 Å². The molecule has 0 bridgehead atoms. The van der Waals surface area contributed by atoms with Gasteiger partial charge in [0.1, 0.15) is 0 Å². The molecule has 0 saturated heterocycles. The Morgan fingerprint density at radius 2 is 1.02 bits per heavy atom. The summed E-state index contributed by atoms with van der Waals surface area (Å²) in [5.41, 5.74) is 14.4. The number of nitrogens with zero attached hydrogens (tertiary/aromatic N) is 2. The molecular weight excluding hydrogens is 544 g/mol. The topological polar surface area (TPSA) is 25.8 Å². The normalized spacial score (nSPS) is 11.9. The quantitative estimate of drug-likeness (QED) is 0.210. The minimum absolute atomic E-state index is 0.735. The van der Waals surface area contributed by atoms with Crippen molar-refractivity contribution < 1.29 is 0 Å². The number of fused-ring (bicyclic) bond motifs is 6. The number of aromatic nitrogens is 2. The molecule has 0 radical (unpaired) electrons. The van der Waals surface area contributed by atoms with Gasteiger partial charge in [-0.2, -0.15) is 0 Å². The molecule has 8 aromatic rings. The van der Waals surface area contributed by atoms with Crippen LogP contribution in [-0.4, -0.2) is 9.97 Å². The molecule has 0 fully saturated rings. The van der Waals surface area contributed by atoms with Crippen LogP contribution >= 0.6 is 0 Å². The minimum Gasteiger partial charge on any atom is -0.228 e. The second-order valence-electron chi connectivity index (χ2n) is 11.8. The second kappa shape index (κ2) is 10.4. The van der Waals surface area contributed by atoms with E-state index in [2.05, 4.69) is 146 Å². The first kappa shape index (κ1) is 25.6. The van der Waals surface area contributed by atoms with Gasteiger partial charge < -0.3 is 0 Å². The van der Waals surface area contributed by atoms with E-state index in [0.29, 0.717) is 0 Å². The van der Waals surface area contributed by atoms with Crippen molar-refractivity contribution in [3.8, 4) is 56.0 Å². The molecule has 9 rings (SSSR count). The Kier molecular flexibility index (Phi) is 5.92. The van der Waals surface area contributed by atoms with Gasteiger partial charge in [0, 0.05) is 16.5 Å². The summed E-state index contributed by atoms with van der Waals surface area (Å²) in [7, 11) is 0. The number of rotatable bonds is 4. The number of hydrogen-bond acceptors (Lipinski definition) is 2. The molecule has 45 heavy (non-hydrogen) atoms. The van der Waals surface area contributed by atoms with Gasteiger partial charge in [0.25, 0.3) is 0 Å². The third-order valence-corrected chi connectivity index (χ3v) is 9.15. The van der Waals surface area contributed by atoms with Gasteiger partial charge in [0.2, 0.25) is 0 Å². The molecule has 1 aliphatic rings. The SMILES string of the molecule is c1ccc(-c2ccc(-c3ccc(-c4nc(-c5ccc6c7c(ccc6c5)-c5ccccc5C7)c5ccccc5n4)cc3)cc2)cc1. The molecule has 0 spiro atoms. The summed E-state index contributed by atoms with van der Waals surface area (Å²) in [6.45, 7) is 0. The zero-order valence-corrected chi connectivity index (χ0v) is 24.6. The average molecular weight is 573 g/mol. The Morgan fingerprint density at radius 1 is 0.400 bits per heavy atom. The Morgan fingerprint density at radius 3 is 1.80 bits per heavy atom. The van der Waals surface area contributed by atoms with Crippen LogP contribution in [0.3, 0.4) is 0 Å². The summed E-state index contributed by atoms with van der Waals surface area (Å²) in [4.78, 5) is 10.2. The van der Waals surface area contributed by atoms with Crippen LogP contribution < -0.4 is 0 Å². The maximum absolute atomic E-state index is 5.19. The van der Waals surface area contributed by atoms with Crippen molar-refractivity contribution in [1.82, 2.24) is 9.97 Å². The van der Waals surface area contributed by atoms with Gasteiger partial charge >= 0.3 is 0 Å². The monoisotopic (exact) mass is 572 g/mol. The fourth-order valence-corrected chi connectivity index (χ4v) is 6.84.